The molecule has 2 heterocycles. The lowest BCUT2D eigenvalue weighted by atomic mass is 10.1. The summed E-state index contributed by atoms with van der Waals surface area (Å²) < 4.78 is 0. The van der Waals surface area contributed by atoms with Gasteiger partial charge in [0.05, 0.1) is 5.00 Å². The summed E-state index contributed by atoms with van der Waals surface area (Å²) >= 11 is 1.84. The zero-order valence-corrected chi connectivity index (χ0v) is 20.4. The summed E-state index contributed by atoms with van der Waals surface area (Å²) in [5.74, 6) is 0.991. The molecule has 0 radical (unpaired) electrons. The third kappa shape index (κ3) is 9.00. The second-order valence-electron chi connectivity index (χ2n) is 6.85. The number of nitrogens with zero attached hydrogens (tertiary/aromatic N) is 3. The lowest BCUT2D eigenvalue weighted by Gasteiger charge is -2.33. The SMILES string of the molecule is CCNC(=NCCCCN(CC)CC)NC1CCN(c2cccs2)CC1.I. The first kappa shape index (κ1) is 24.5. The molecule has 0 spiro atoms. The maximum absolute atomic E-state index is 4.79. The van der Waals surface area contributed by atoms with Crippen LogP contribution >= 0.6 is 35.3 Å². The molecule has 156 valence electrons. The summed E-state index contributed by atoms with van der Waals surface area (Å²) in [7, 11) is 0. The molecule has 1 fully saturated rings. The van der Waals surface area contributed by atoms with Gasteiger partial charge in [0.2, 0.25) is 0 Å². The Morgan fingerprint density at radius 2 is 1.96 bits per heavy atom. The molecule has 1 aliphatic heterocycles. The van der Waals surface area contributed by atoms with Gasteiger partial charge in [0.15, 0.2) is 5.96 Å². The predicted octanol–water partition coefficient (Wildman–Crippen LogP) is 4.01. The minimum atomic E-state index is 0. The van der Waals surface area contributed by atoms with E-state index in [1.807, 2.05) is 11.3 Å². The fourth-order valence-electron chi connectivity index (χ4n) is 3.39. The number of piperidine rings is 1. The standard InChI is InChI=1S/C20H37N5S.HI/c1-4-21-20(22-13-7-8-14-24(5-2)6-3)23-18-11-15-25(16-12-18)19-10-9-17-26-19;/h9-10,17-18H,4-8,11-16H2,1-3H3,(H2,21,22,23);1H. The van der Waals surface area contributed by atoms with E-state index in [9.17, 15) is 0 Å². The maximum Gasteiger partial charge on any atom is 0.191 e. The van der Waals surface area contributed by atoms with Crippen molar-refractivity contribution in [2.45, 2.75) is 52.5 Å². The minimum absolute atomic E-state index is 0. The molecule has 0 aromatic carbocycles. The second kappa shape index (κ2) is 14.5. The number of anilines is 1. The fourth-order valence-corrected chi connectivity index (χ4v) is 4.17. The van der Waals surface area contributed by atoms with Crippen molar-refractivity contribution in [3.8, 4) is 0 Å². The summed E-state index contributed by atoms with van der Waals surface area (Å²) in [5.41, 5.74) is 0. The number of unbranched alkanes of at least 4 members (excludes halogenated alkanes) is 1. The Kier molecular flexibility index (Phi) is 13.1. The van der Waals surface area contributed by atoms with Crippen molar-refractivity contribution in [1.82, 2.24) is 15.5 Å². The topological polar surface area (TPSA) is 42.9 Å². The van der Waals surface area contributed by atoms with Crippen LogP contribution in [0.3, 0.4) is 0 Å². The van der Waals surface area contributed by atoms with Gasteiger partial charge in [0, 0.05) is 32.2 Å². The first-order valence-electron chi connectivity index (χ1n) is 10.3. The van der Waals surface area contributed by atoms with E-state index in [0.29, 0.717) is 6.04 Å². The van der Waals surface area contributed by atoms with E-state index in [0.717, 1.165) is 51.6 Å². The van der Waals surface area contributed by atoms with Crippen LogP contribution in [-0.2, 0) is 0 Å². The van der Waals surface area contributed by atoms with Crippen molar-refractivity contribution in [3.05, 3.63) is 17.5 Å². The molecule has 1 saturated heterocycles. The molecule has 2 rings (SSSR count). The average molecular weight is 508 g/mol. The van der Waals surface area contributed by atoms with Crippen LogP contribution in [0.5, 0.6) is 0 Å². The smallest absolute Gasteiger partial charge is 0.191 e. The van der Waals surface area contributed by atoms with E-state index in [1.54, 1.807) is 0 Å². The zero-order valence-electron chi connectivity index (χ0n) is 17.2. The number of rotatable bonds is 10. The van der Waals surface area contributed by atoms with Crippen LogP contribution in [0.2, 0.25) is 0 Å². The van der Waals surface area contributed by atoms with Crippen LogP contribution in [0.4, 0.5) is 5.00 Å². The molecular formula is C20H38IN5S. The highest BCUT2D eigenvalue weighted by atomic mass is 127. The predicted molar refractivity (Wildman–Crippen MR) is 131 cm³/mol. The Bertz CT molecular complexity index is 496. The number of thiophene rings is 1. The van der Waals surface area contributed by atoms with Crippen molar-refractivity contribution in [3.63, 3.8) is 0 Å². The summed E-state index contributed by atoms with van der Waals surface area (Å²) in [6.07, 6.45) is 4.72. The molecule has 0 unspecified atom stereocenters. The largest absolute Gasteiger partial charge is 0.363 e. The van der Waals surface area contributed by atoms with Gasteiger partial charge in [-0.2, -0.15) is 0 Å². The van der Waals surface area contributed by atoms with E-state index in [4.69, 9.17) is 4.99 Å². The summed E-state index contributed by atoms with van der Waals surface area (Å²) in [6.45, 7) is 14.2. The molecule has 0 bridgehead atoms. The van der Waals surface area contributed by atoms with Gasteiger partial charge < -0.3 is 20.4 Å². The Hall–Kier alpha value is -0.540. The first-order chi connectivity index (χ1) is 12.8. The van der Waals surface area contributed by atoms with E-state index >= 15 is 0 Å². The second-order valence-corrected chi connectivity index (χ2v) is 7.78. The number of hydrogen-bond acceptors (Lipinski definition) is 4. The highest BCUT2D eigenvalue weighted by molar-refractivity contribution is 14.0. The molecule has 5 nitrogen and oxygen atoms in total. The Morgan fingerprint density at radius 3 is 2.56 bits per heavy atom. The van der Waals surface area contributed by atoms with Crippen molar-refractivity contribution in [1.29, 1.82) is 0 Å². The number of guanidine groups is 1. The van der Waals surface area contributed by atoms with Gasteiger partial charge in [-0.05, 0) is 69.8 Å². The van der Waals surface area contributed by atoms with Crippen LogP contribution in [0, 0.1) is 0 Å². The van der Waals surface area contributed by atoms with Gasteiger partial charge in [-0.3, -0.25) is 4.99 Å². The third-order valence-corrected chi connectivity index (χ3v) is 5.97. The molecule has 0 amide bonds. The van der Waals surface area contributed by atoms with Crippen molar-refractivity contribution >= 4 is 46.3 Å². The van der Waals surface area contributed by atoms with Crippen molar-refractivity contribution in [2.75, 3.05) is 50.7 Å². The quantitative estimate of drug-likeness (QED) is 0.217. The third-order valence-electron chi connectivity index (χ3n) is 5.04. The minimum Gasteiger partial charge on any atom is -0.363 e. The van der Waals surface area contributed by atoms with Crippen molar-refractivity contribution in [2.24, 2.45) is 4.99 Å². The number of aliphatic imine (C=N–C) groups is 1. The van der Waals surface area contributed by atoms with Crippen LogP contribution in [0.25, 0.3) is 0 Å². The van der Waals surface area contributed by atoms with Crippen molar-refractivity contribution < 1.29 is 0 Å². The van der Waals surface area contributed by atoms with E-state index in [2.05, 4.69) is 58.7 Å². The highest BCUT2D eigenvalue weighted by Gasteiger charge is 2.20. The Morgan fingerprint density at radius 1 is 1.22 bits per heavy atom. The summed E-state index contributed by atoms with van der Waals surface area (Å²) in [4.78, 5) is 9.77. The monoisotopic (exact) mass is 507 g/mol. The molecule has 27 heavy (non-hydrogen) atoms. The van der Waals surface area contributed by atoms with Gasteiger partial charge in [-0.1, -0.05) is 13.8 Å². The first-order valence-corrected chi connectivity index (χ1v) is 11.2. The molecule has 0 atom stereocenters. The van der Waals surface area contributed by atoms with E-state index in [-0.39, 0.29) is 24.0 Å². The Balaban J connectivity index is 0.00000364. The van der Waals surface area contributed by atoms with E-state index < -0.39 is 0 Å². The molecule has 1 aromatic heterocycles. The number of halogens is 1. The highest BCUT2D eigenvalue weighted by Crippen LogP contribution is 2.24. The lowest BCUT2D eigenvalue weighted by molar-refractivity contribution is 0.297. The molecular weight excluding hydrogens is 469 g/mol. The molecule has 1 aliphatic rings. The summed E-state index contributed by atoms with van der Waals surface area (Å²) in [5, 5.41) is 10.6. The van der Waals surface area contributed by atoms with Crippen LogP contribution in [0.15, 0.2) is 22.5 Å². The van der Waals surface area contributed by atoms with Gasteiger partial charge in [0.25, 0.3) is 0 Å². The maximum atomic E-state index is 4.79. The van der Waals surface area contributed by atoms with Gasteiger partial charge >= 0.3 is 0 Å². The van der Waals surface area contributed by atoms with Crippen LogP contribution in [0.1, 0.15) is 46.5 Å². The molecule has 0 saturated carbocycles. The molecule has 1 aromatic rings. The van der Waals surface area contributed by atoms with Gasteiger partial charge in [0.1, 0.15) is 0 Å². The average Bonchev–Trinajstić information content (AvgIpc) is 3.20. The molecule has 0 aliphatic carbocycles. The summed E-state index contributed by atoms with van der Waals surface area (Å²) in [6, 6.07) is 4.89. The zero-order chi connectivity index (χ0) is 18.6. The Labute approximate surface area is 187 Å². The number of nitrogens with one attached hydrogen (secondary N) is 2. The normalized spacial score (nSPS) is 15.7. The van der Waals surface area contributed by atoms with Crippen LogP contribution < -0.4 is 15.5 Å². The molecule has 7 heteroatoms. The van der Waals surface area contributed by atoms with Gasteiger partial charge in [-0.25, -0.2) is 0 Å². The number of hydrogen-bond donors (Lipinski definition) is 2. The van der Waals surface area contributed by atoms with Gasteiger partial charge in [-0.15, -0.1) is 35.3 Å². The van der Waals surface area contributed by atoms with Crippen LogP contribution in [-0.4, -0.2) is 62.7 Å². The lowest BCUT2D eigenvalue weighted by Crippen LogP contribution is -2.48. The van der Waals surface area contributed by atoms with E-state index in [1.165, 1.54) is 30.8 Å². The fraction of sp³-hybridized carbons (Fsp3) is 0.750. The molecule has 2 N–H and O–H groups in total.